The Morgan fingerprint density at radius 3 is 2.45 bits per heavy atom. The van der Waals surface area contributed by atoms with E-state index in [0.717, 1.165) is 12.8 Å². The molecule has 0 aliphatic heterocycles. The van der Waals surface area contributed by atoms with Gasteiger partial charge in [0.05, 0.1) is 17.2 Å². The standard InChI is InChI=1S/C23H28N2O3S/c1-25(18-10-4-2-5-11-18)23(27)17-29-16-22(26)24-20-14-8-9-15-21(20)28-19-12-6-3-7-13-19/h3,6-9,12-15,18H,2,4-5,10-11,16-17H2,1H3,(H,24,26). The number of carbonyl (C=O) groups is 2. The highest BCUT2D eigenvalue weighted by molar-refractivity contribution is 8.00. The number of carbonyl (C=O) groups excluding carboxylic acids is 2. The third kappa shape index (κ3) is 6.53. The summed E-state index contributed by atoms with van der Waals surface area (Å²) in [5.74, 6) is 1.80. The van der Waals surface area contributed by atoms with Crippen molar-refractivity contribution in [1.29, 1.82) is 0 Å². The molecule has 0 unspecified atom stereocenters. The lowest BCUT2D eigenvalue weighted by atomic mass is 9.94. The Kier molecular flexibility index (Phi) is 7.99. The predicted molar refractivity (Wildman–Crippen MR) is 119 cm³/mol. The zero-order chi connectivity index (χ0) is 20.5. The van der Waals surface area contributed by atoms with Crippen LogP contribution >= 0.6 is 11.8 Å². The van der Waals surface area contributed by atoms with Crippen LogP contribution in [0.15, 0.2) is 54.6 Å². The van der Waals surface area contributed by atoms with Gasteiger partial charge in [0.2, 0.25) is 11.8 Å². The number of benzene rings is 2. The highest BCUT2D eigenvalue weighted by Gasteiger charge is 2.22. The molecular formula is C23H28N2O3S. The first-order valence-electron chi connectivity index (χ1n) is 10.1. The van der Waals surface area contributed by atoms with E-state index >= 15 is 0 Å². The Morgan fingerprint density at radius 2 is 1.69 bits per heavy atom. The number of rotatable bonds is 8. The Bertz CT molecular complexity index is 807. The molecule has 154 valence electrons. The summed E-state index contributed by atoms with van der Waals surface area (Å²) in [6.07, 6.45) is 5.84. The van der Waals surface area contributed by atoms with Gasteiger partial charge < -0.3 is 15.0 Å². The molecule has 1 N–H and O–H groups in total. The molecule has 0 atom stereocenters. The number of hydrogen-bond donors (Lipinski definition) is 1. The lowest BCUT2D eigenvalue weighted by Gasteiger charge is -2.31. The van der Waals surface area contributed by atoms with Gasteiger partial charge in [0.15, 0.2) is 5.75 Å². The Labute approximate surface area is 176 Å². The fraction of sp³-hybridized carbons (Fsp3) is 0.391. The van der Waals surface area contributed by atoms with E-state index in [-0.39, 0.29) is 17.6 Å². The van der Waals surface area contributed by atoms with Gasteiger partial charge in [-0.15, -0.1) is 11.8 Å². The molecule has 3 rings (SSSR count). The molecular weight excluding hydrogens is 384 g/mol. The van der Waals surface area contributed by atoms with Crippen LogP contribution in [0.3, 0.4) is 0 Å². The average Bonchev–Trinajstić information content (AvgIpc) is 2.76. The number of thioether (sulfide) groups is 1. The second kappa shape index (κ2) is 10.9. The van der Waals surface area contributed by atoms with Crippen molar-refractivity contribution in [1.82, 2.24) is 4.90 Å². The Morgan fingerprint density at radius 1 is 1.00 bits per heavy atom. The normalized spacial score (nSPS) is 14.2. The second-order valence-electron chi connectivity index (χ2n) is 7.25. The van der Waals surface area contributed by atoms with Gasteiger partial charge in [0.25, 0.3) is 0 Å². The van der Waals surface area contributed by atoms with Gasteiger partial charge >= 0.3 is 0 Å². The minimum Gasteiger partial charge on any atom is -0.455 e. The molecule has 2 amide bonds. The molecule has 0 spiro atoms. The average molecular weight is 413 g/mol. The van der Waals surface area contributed by atoms with Crippen LogP contribution < -0.4 is 10.1 Å². The van der Waals surface area contributed by atoms with Crippen molar-refractivity contribution in [2.45, 2.75) is 38.1 Å². The van der Waals surface area contributed by atoms with E-state index < -0.39 is 0 Å². The molecule has 1 aliphatic carbocycles. The van der Waals surface area contributed by atoms with Gasteiger partial charge in [0.1, 0.15) is 5.75 Å². The minimum atomic E-state index is -0.146. The first-order valence-corrected chi connectivity index (χ1v) is 11.2. The van der Waals surface area contributed by atoms with Gasteiger partial charge in [0, 0.05) is 13.1 Å². The SMILES string of the molecule is CN(C(=O)CSCC(=O)Nc1ccccc1Oc1ccccc1)C1CCCCC1. The maximum atomic E-state index is 12.4. The lowest BCUT2D eigenvalue weighted by Crippen LogP contribution is -2.39. The van der Waals surface area contributed by atoms with Gasteiger partial charge in [-0.1, -0.05) is 49.6 Å². The molecule has 0 aromatic heterocycles. The summed E-state index contributed by atoms with van der Waals surface area (Å²) in [4.78, 5) is 26.6. The van der Waals surface area contributed by atoms with Crippen molar-refractivity contribution < 1.29 is 14.3 Å². The van der Waals surface area contributed by atoms with E-state index in [0.29, 0.717) is 29.0 Å². The van der Waals surface area contributed by atoms with E-state index in [2.05, 4.69) is 5.32 Å². The van der Waals surface area contributed by atoms with Crippen molar-refractivity contribution >= 4 is 29.3 Å². The minimum absolute atomic E-state index is 0.0995. The predicted octanol–water partition coefficient (Wildman–Crippen LogP) is 4.94. The van der Waals surface area contributed by atoms with E-state index in [1.54, 1.807) is 0 Å². The molecule has 1 saturated carbocycles. The van der Waals surface area contributed by atoms with Gasteiger partial charge in [-0.2, -0.15) is 0 Å². The summed E-state index contributed by atoms with van der Waals surface area (Å²) >= 11 is 1.35. The molecule has 2 aromatic rings. The van der Waals surface area contributed by atoms with Crippen molar-refractivity contribution in [2.24, 2.45) is 0 Å². The molecule has 0 saturated heterocycles. The van der Waals surface area contributed by atoms with Crippen LogP contribution in [0.5, 0.6) is 11.5 Å². The first-order chi connectivity index (χ1) is 14.1. The van der Waals surface area contributed by atoms with Crippen molar-refractivity contribution in [2.75, 3.05) is 23.9 Å². The lowest BCUT2D eigenvalue weighted by molar-refractivity contribution is -0.129. The van der Waals surface area contributed by atoms with E-state index in [1.165, 1.54) is 31.0 Å². The van der Waals surface area contributed by atoms with Crippen molar-refractivity contribution in [3.05, 3.63) is 54.6 Å². The van der Waals surface area contributed by atoms with Crippen LogP contribution in [0.1, 0.15) is 32.1 Å². The number of hydrogen-bond acceptors (Lipinski definition) is 4. The van der Waals surface area contributed by atoms with Crippen LogP contribution in [-0.4, -0.2) is 41.3 Å². The number of anilines is 1. The molecule has 2 aromatic carbocycles. The maximum absolute atomic E-state index is 12.4. The second-order valence-corrected chi connectivity index (χ2v) is 8.23. The molecule has 0 heterocycles. The van der Waals surface area contributed by atoms with E-state index in [1.807, 2.05) is 66.5 Å². The summed E-state index contributed by atoms with van der Waals surface area (Å²) in [5.41, 5.74) is 0.618. The largest absolute Gasteiger partial charge is 0.455 e. The fourth-order valence-electron chi connectivity index (χ4n) is 3.47. The third-order valence-electron chi connectivity index (χ3n) is 5.11. The highest BCUT2D eigenvalue weighted by atomic mass is 32.2. The zero-order valence-corrected chi connectivity index (χ0v) is 17.6. The van der Waals surface area contributed by atoms with Crippen molar-refractivity contribution in [3.8, 4) is 11.5 Å². The van der Waals surface area contributed by atoms with Crippen LogP contribution in [0.4, 0.5) is 5.69 Å². The van der Waals surface area contributed by atoms with E-state index in [4.69, 9.17) is 4.74 Å². The number of nitrogens with one attached hydrogen (secondary N) is 1. The van der Waals surface area contributed by atoms with Crippen LogP contribution in [0, 0.1) is 0 Å². The smallest absolute Gasteiger partial charge is 0.234 e. The van der Waals surface area contributed by atoms with E-state index in [9.17, 15) is 9.59 Å². The number of ether oxygens (including phenoxy) is 1. The topological polar surface area (TPSA) is 58.6 Å². The van der Waals surface area contributed by atoms with Gasteiger partial charge in [-0.25, -0.2) is 0 Å². The molecule has 5 nitrogen and oxygen atoms in total. The van der Waals surface area contributed by atoms with Crippen molar-refractivity contribution in [3.63, 3.8) is 0 Å². The molecule has 1 aliphatic rings. The Hall–Kier alpha value is -2.47. The van der Waals surface area contributed by atoms with Crippen LogP contribution in [-0.2, 0) is 9.59 Å². The van der Waals surface area contributed by atoms with Crippen LogP contribution in [0.25, 0.3) is 0 Å². The number of amides is 2. The fourth-order valence-corrected chi connectivity index (χ4v) is 4.20. The number of nitrogens with zero attached hydrogens (tertiary/aromatic N) is 1. The summed E-state index contributed by atoms with van der Waals surface area (Å²) in [6.45, 7) is 0. The van der Waals surface area contributed by atoms with Gasteiger partial charge in [-0.3, -0.25) is 9.59 Å². The number of para-hydroxylation sites is 3. The summed E-state index contributed by atoms with van der Waals surface area (Å²) in [6, 6.07) is 17.1. The van der Waals surface area contributed by atoms with Gasteiger partial charge in [-0.05, 0) is 37.1 Å². The summed E-state index contributed by atoms with van der Waals surface area (Å²) in [7, 11) is 1.89. The molecule has 6 heteroatoms. The maximum Gasteiger partial charge on any atom is 0.234 e. The molecule has 0 bridgehead atoms. The summed E-state index contributed by atoms with van der Waals surface area (Å²) in [5, 5.41) is 2.89. The molecule has 29 heavy (non-hydrogen) atoms. The first kappa shape index (κ1) is 21.2. The Balaban J connectivity index is 1.46. The summed E-state index contributed by atoms with van der Waals surface area (Å²) < 4.78 is 5.87. The third-order valence-corrected chi connectivity index (χ3v) is 6.02. The highest BCUT2D eigenvalue weighted by Crippen LogP contribution is 2.29. The quantitative estimate of drug-likeness (QED) is 0.667. The zero-order valence-electron chi connectivity index (χ0n) is 16.8. The van der Waals surface area contributed by atoms with Crippen LogP contribution in [0.2, 0.25) is 0 Å². The molecule has 0 radical (unpaired) electrons. The monoisotopic (exact) mass is 412 g/mol. The molecule has 1 fully saturated rings.